The fourth-order valence-corrected chi connectivity index (χ4v) is 2.75. The molecule has 2 aromatic heterocycles. The topological polar surface area (TPSA) is 80.4 Å². The summed E-state index contributed by atoms with van der Waals surface area (Å²) in [6.45, 7) is 3.18. The first-order valence-corrected chi connectivity index (χ1v) is 8.08. The molecule has 1 aromatic carbocycles. The largest absolute Gasteiger partial charge is 0.497 e. The summed E-state index contributed by atoms with van der Waals surface area (Å²) in [5, 5.41) is 4.09. The molecule has 128 valence electrons. The van der Waals surface area contributed by atoms with E-state index in [4.69, 9.17) is 9.26 Å². The summed E-state index contributed by atoms with van der Waals surface area (Å²) in [5.74, 6) is 2.13. The first-order chi connectivity index (χ1) is 12.3. The molecule has 4 rings (SSSR count). The maximum Gasteiger partial charge on any atom is 0.324 e. The first-order valence-electron chi connectivity index (χ1n) is 8.08. The average molecular weight is 338 g/mol. The van der Waals surface area contributed by atoms with Crippen molar-refractivity contribution in [3.8, 4) is 17.1 Å². The number of methoxy groups -OCH3 is 1. The number of nitrogens with zero attached hydrogens (tertiary/aromatic N) is 6. The fourth-order valence-electron chi connectivity index (χ4n) is 2.75. The van der Waals surface area contributed by atoms with E-state index in [1.165, 1.54) is 0 Å². The molecule has 0 bridgehead atoms. The highest BCUT2D eigenvalue weighted by atomic mass is 16.5. The van der Waals surface area contributed by atoms with Crippen molar-refractivity contribution in [1.82, 2.24) is 20.1 Å². The van der Waals surface area contributed by atoms with Crippen molar-refractivity contribution in [1.29, 1.82) is 0 Å². The molecule has 1 aliphatic rings. The molecule has 0 unspecified atom stereocenters. The molecule has 0 radical (unpaired) electrons. The Morgan fingerprint density at radius 2 is 1.64 bits per heavy atom. The molecule has 0 spiro atoms. The molecule has 25 heavy (non-hydrogen) atoms. The molecule has 0 saturated carbocycles. The van der Waals surface area contributed by atoms with E-state index >= 15 is 0 Å². The highest BCUT2D eigenvalue weighted by molar-refractivity contribution is 5.57. The van der Waals surface area contributed by atoms with Crippen LogP contribution in [0.15, 0.2) is 47.2 Å². The van der Waals surface area contributed by atoms with Gasteiger partial charge in [-0.05, 0) is 30.3 Å². The van der Waals surface area contributed by atoms with Gasteiger partial charge in [0.1, 0.15) is 5.75 Å². The van der Waals surface area contributed by atoms with Gasteiger partial charge in [-0.15, -0.1) is 0 Å². The molecule has 8 heteroatoms. The molecule has 1 saturated heterocycles. The Bertz CT molecular complexity index is 813. The quantitative estimate of drug-likeness (QED) is 0.713. The van der Waals surface area contributed by atoms with Gasteiger partial charge < -0.3 is 19.1 Å². The van der Waals surface area contributed by atoms with Crippen LogP contribution < -0.4 is 14.5 Å². The van der Waals surface area contributed by atoms with Crippen LogP contribution >= 0.6 is 0 Å². The van der Waals surface area contributed by atoms with Crippen molar-refractivity contribution < 1.29 is 9.26 Å². The summed E-state index contributed by atoms with van der Waals surface area (Å²) in [6, 6.07) is 9.95. The molecule has 0 amide bonds. The van der Waals surface area contributed by atoms with E-state index in [2.05, 4.69) is 29.9 Å². The minimum absolute atomic E-state index is 0.541. The number of aromatic nitrogens is 4. The number of hydrogen-bond donors (Lipinski definition) is 0. The summed E-state index contributed by atoms with van der Waals surface area (Å²) in [4.78, 5) is 17.3. The maximum atomic E-state index is 5.44. The van der Waals surface area contributed by atoms with Gasteiger partial charge in [0, 0.05) is 44.1 Å². The Labute approximate surface area is 145 Å². The average Bonchev–Trinajstić information content (AvgIpc) is 3.19. The lowest BCUT2D eigenvalue weighted by molar-refractivity contribution is 0.409. The number of benzene rings is 1. The number of anilines is 2. The lowest BCUT2D eigenvalue weighted by atomic mass is 10.2. The Morgan fingerprint density at radius 1 is 0.960 bits per heavy atom. The summed E-state index contributed by atoms with van der Waals surface area (Å²) >= 11 is 0. The number of piperazine rings is 1. The van der Waals surface area contributed by atoms with E-state index < -0.39 is 0 Å². The van der Waals surface area contributed by atoms with E-state index in [9.17, 15) is 0 Å². The van der Waals surface area contributed by atoms with Gasteiger partial charge in [0.15, 0.2) is 0 Å². The SMILES string of the molecule is COc1ccc(-c2noc(N3CCN(c4ncccn4)CC3)n2)cc1. The van der Waals surface area contributed by atoms with Crippen molar-refractivity contribution in [2.45, 2.75) is 0 Å². The van der Waals surface area contributed by atoms with Crippen LogP contribution in [-0.4, -0.2) is 53.4 Å². The molecule has 3 heterocycles. The number of rotatable bonds is 4. The molecule has 8 nitrogen and oxygen atoms in total. The second kappa shape index (κ2) is 6.76. The molecule has 3 aromatic rings. The van der Waals surface area contributed by atoms with E-state index in [0.29, 0.717) is 11.8 Å². The Morgan fingerprint density at radius 3 is 2.32 bits per heavy atom. The van der Waals surface area contributed by atoms with Crippen LogP contribution in [0, 0.1) is 0 Å². The zero-order chi connectivity index (χ0) is 17.1. The predicted octanol–water partition coefficient (Wildman–Crippen LogP) is 1.86. The van der Waals surface area contributed by atoms with Gasteiger partial charge in [0.2, 0.25) is 11.8 Å². The Kier molecular flexibility index (Phi) is 4.16. The predicted molar refractivity (Wildman–Crippen MR) is 92.7 cm³/mol. The third-order valence-electron chi connectivity index (χ3n) is 4.15. The molecule has 0 N–H and O–H groups in total. The van der Waals surface area contributed by atoms with Crippen LogP contribution in [0.3, 0.4) is 0 Å². The van der Waals surface area contributed by atoms with Crippen molar-refractivity contribution in [2.24, 2.45) is 0 Å². The fraction of sp³-hybridized carbons (Fsp3) is 0.294. The van der Waals surface area contributed by atoms with Crippen molar-refractivity contribution >= 4 is 12.0 Å². The summed E-state index contributed by atoms with van der Waals surface area (Å²) < 4.78 is 10.6. The van der Waals surface area contributed by atoms with Crippen LogP contribution in [0.25, 0.3) is 11.4 Å². The van der Waals surface area contributed by atoms with Crippen LogP contribution in [0.1, 0.15) is 0 Å². The second-order valence-electron chi connectivity index (χ2n) is 5.65. The highest BCUT2D eigenvalue weighted by Crippen LogP contribution is 2.23. The van der Waals surface area contributed by atoms with Crippen molar-refractivity contribution in [3.05, 3.63) is 42.7 Å². The second-order valence-corrected chi connectivity index (χ2v) is 5.65. The highest BCUT2D eigenvalue weighted by Gasteiger charge is 2.23. The standard InChI is InChI=1S/C17H18N6O2/c1-24-14-5-3-13(4-6-14)15-20-17(25-21-15)23-11-9-22(10-12-23)16-18-7-2-8-19-16/h2-8H,9-12H2,1H3. The minimum Gasteiger partial charge on any atom is -0.497 e. The molecule has 1 fully saturated rings. The molecule has 0 atom stereocenters. The van der Waals surface area contributed by atoms with Crippen LogP contribution in [-0.2, 0) is 0 Å². The molecular formula is C17H18N6O2. The normalized spacial score (nSPS) is 14.6. The van der Waals surface area contributed by atoms with E-state index in [0.717, 1.165) is 43.4 Å². The summed E-state index contributed by atoms with van der Waals surface area (Å²) in [5.41, 5.74) is 0.895. The smallest absolute Gasteiger partial charge is 0.324 e. The lowest BCUT2D eigenvalue weighted by Gasteiger charge is -2.33. The zero-order valence-corrected chi connectivity index (χ0v) is 13.9. The van der Waals surface area contributed by atoms with E-state index in [1.54, 1.807) is 19.5 Å². The third kappa shape index (κ3) is 3.23. The van der Waals surface area contributed by atoms with Gasteiger partial charge in [0.25, 0.3) is 0 Å². The van der Waals surface area contributed by atoms with Gasteiger partial charge in [-0.25, -0.2) is 9.97 Å². The van der Waals surface area contributed by atoms with Crippen LogP contribution in [0.5, 0.6) is 5.75 Å². The van der Waals surface area contributed by atoms with Gasteiger partial charge in [0.05, 0.1) is 7.11 Å². The molecule has 0 aliphatic carbocycles. The minimum atomic E-state index is 0.541. The van der Waals surface area contributed by atoms with Gasteiger partial charge >= 0.3 is 6.01 Å². The van der Waals surface area contributed by atoms with E-state index in [-0.39, 0.29) is 0 Å². The number of ether oxygens (including phenoxy) is 1. The van der Waals surface area contributed by atoms with Crippen LogP contribution in [0.2, 0.25) is 0 Å². The van der Waals surface area contributed by atoms with Crippen molar-refractivity contribution in [3.63, 3.8) is 0 Å². The monoisotopic (exact) mass is 338 g/mol. The van der Waals surface area contributed by atoms with Gasteiger partial charge in [-0.1, -0.05) is 5.16 Å². The van der Waals surface area contributed by atoms with Crippen molar-refractivity contribution in [2.75, 3.05) is 43.1 Å². The van der Waals surface area contributed by atoms with E-state index in [1.807, 2.05) is 30.3 Å². The third-order valence-corrected chi connectivity index (χ3v) is 4.15. The number of hydrogen-bond acceptors (Lipinski definition) is 8. The zero-order valence-electron chi connectivity index (χ0n) is 13.9. The molecular weight excluding hydrogens is 320 g/mol. The Balaban J connectivity index is 1.43. The summed E-state index contributed by atoms with van der Waals surface area (Å²) in [7, 11) is 1.64. The van der Waals surface area contributed by atoms with Gasteiger partial charge in [-0.3, -0.25) is 0 Å². The van der Waals surface area contributed by atoms with Gasteiger partial charge in [-0.2, -0.15) is 4.98 Å². The molecule has 1 aliphatic heterocycles. The maximum absolute atomic E-state index is 5.44. The Hall–Kier alpha value is -3.16. The summed E-state index contributed by atoms with van der Waals surface area (Å²) in [6.07, 6.45) is 3.52. The lowest BCUT2D eigenvalue weighted by Crippen LogP contribution is -2.47. The van der Waals surface area contributed by atoms with Crippen LogP contribution in [0.4, 0.5) is 12.0 Å². The first kappa shape index (κ1) is 15.4.